The fourth-order valence-electron chi connectivity index (χ4n) is 3.34. The van der Waals surface area contributed by atoms with Gasteiger partial charge in [-0.3, -0.25) is 9.10 Å². The summed E-state index contributed by atoms with van der Waals surface area (Å²) in [6.07, 6.45) is 2.63. The van der Waals surface area contributed by atoms with Gasteiger partial charge in [-0.25, -0.2) is 13.1 Å². The molecule has 0 spiro atoms. The number of nitrogens with one attached hydrogen (secondary N) is 1. The zero-order valence-electron chi connectivity index (χ0n) is 18.4. The summed E-state index contributed by atoms with van der Waals surface area (Å²) < 4.78 is 38.2. The summed E-state index contributed by atoms with van der Waals surface area (Å²) in [5.41, 5.74) is 2.02. The van der Waals surface area contributed by atoms with Gasteiger partial charge in [-0.1, -0.05) is 30.3 Å². The Morgan fingerprint density at radius 2 is 1.84 bits per heavy atom. The molecule has 0 saturated heterocycles. The van der Waals surface area contributed by atoms with Crippen LogP contribution in [-0.4, -0.2) is 51.1 Å². The number of amides is 1. The lowest BCUT2D eigenvalue weighted by atomic mass is 10.2. The Bertz CT molecular complexity index is 1210. The molecule has 0 bridgehead atoms. The third kappa shape index (κ3) is 5.20. The van der Waals surface area contributed by atoms with Gasteiger partial charge in [0.2, 0.25) is 15.9 Å². The molecule has 2 aromatic carbocycles. The number of sulfonamides is 1. The Morgan fingerprint density at radius 3 is 2.50 bits per heavy atom. The van der Waals surface area contributed by atoms with E-state index in [-0.39, 0.29) is 6.54 Å². The van der Waals surface area contributed by atoms with Gasteiger partial charge in [0.05, 0.1) is 38.9 Å². The van der Waals surface area contributed by atoms with Gasteiger partial charge in [0, 0.05) is 11.6 Å². The van der Waals surface area contributed by atoms with Crippen LogP contribution in [0.3, 0.4) is 0 Å². The van der Waals surface area contributed by atoms with Crippen LogP contribution >= 0.6 is 0 Å². The van der Waals surface area contributed by atoms with Crippen LogP contribution in [0.25, 0.3) is 0 Å². The number of anilines is 2. The first-order valence-corrected chi connectivity index (χ1v) is 11.6. The van der Waals surface area contributed by atoms with E-state index >= 15 is 0 Å². The summed E-state index contributed by atoms with van der Waals surface area (Å²) in [5, 5.41) is 7.02. The van der Waals surface area contributed by atoms with Gasteiger partial charge in [-0.2, -0.15) is 5.10 Å². The Labute approximate surface area is 187 Å². The summed E-state index contributed by atoms with van der Waals surface area (Å²) in [5.74, 6) is 1.10. The van der Waals surface area contributed by atoms with E-state index in [9.17, 15) is 13.2 Å². The van der Waals surface area contributed by atoms with E-state index in [1.807, 2.05) is 18.2 Å². The van der Waals surface area contributed by atoms with Crippen molar-refractivity contribution >= 4 is 27.4 Å². The number of aryl methyl sites for hydroxylation is 1. The van der Waals surface area contributed by atoms with Gasteiger partial charge in [0.15, 0.2) is 11.5 Å². The zero-order chi connectivity index (χ0) is 23.3. The SMILES string of the molecule is COc1cccc(Cn2nccc2NC(=O)CN(c2ccccc2C)S(C)(=O)=O)c1OC. The molecule has 3 aromatic rings. The highest BCUT2D eigenvalue weighted by Crippen LogP contribution is 2.31. The summed E-state index contributed by atoms with van der Waals surface area (Å²) in [4.78, 5) is 12.8. The van der Waals surface area contributed by atoms with E-state index in [1.165, 1.54) is 0 Å². The Morgan fingerprint density at radius 1 is 1.09 bits per heavy atom. The number of ether oxygens (including phenoxy) is 2. The smallest absolute Gasteiger partial charge is 0.246 e. The largest absolute Gasteiger partial charge is 0.493 e. The van der Waals surface area contributed by atoms with Crippen molar-refractivity contribution in [1.82, 2.24) is 9.78 Å². The van der Waals surface area contributed by atoms with E-state index in [2.05, 4.69) is 10.4 Å². The highest BCUT2D eigenvalue weighted by molar-refractivity contribution is 7.92. The van der Waals surface area contributed by atoms with Crippen LogP contribution in [0.15, 0.2) is 54.7 Å². The van der Waals surface area contributed by atoms with Crippen molar-refractivity contribution in [3.05, 3.63) is 65.9 Å². The quantitative estimate of drug-likeness (QED) is 0.529. The summed E-state index contributed by atoms with van der Waals surface area (Å²) in [6.45, 7) is 1.75. The number of hydrogen-bond donors (Lipinski definition) is 1. The lowest BCUT2D eigenvalue weighted by molar-refractivity contribution is -0.114. The number of benzene rings is 2. The maximum atomic E-state index is 12.8. The Hall–Kier alpha value is -3.53. The van der Waals surface area contributed by atoms with Crippen molar-refractivity contribution in [2.75, 3.05) is 36.6 Å². The normalized spacial score (nSPS) is 11.1. The molecular weight excluding hydrogens is 432 g/mol. The maximum absolute atomic E-state index is 12.8. The molecule has 1 heterocycles. The second kappa shape index (κ2) is 9.73. The second-order valence-corrected chi connectivity index (χ2v) is 9.04. The minimum atomic E-state index is -3.67. The number of carbonyl (C=O) groups is 1. The highest BCUT2D eigenvalue weighted by Gasteiger charge is 2.23. The molecule has 1 amide bonds. The predicted molar refractivity (Wildman–Crippen MR) is 123 cm³/mol. The van der Waals surface area contributed by atoms with E-state index in [4.69, 9.17) is 9.47 Å². The number of methoxy groups -OCH3 is 2. The van der Waals surface area contributed by atoms with Crippen LogP contribution in [0, 0.1) is 6.92 Å². The summed E-state index contributed by atoms with van der Waals surface area (Å²) in [7, 11) is -0.557. The molecule has 0 saturated carbocycles. The first kappa shape index (κ1) is 23.1. The number of hydrogen-bond acceptors (Lipinski definition) is 6. The lowest BCUT2D eigenvalue weighted by Crippen LogP contribution is -2.38. The van der Waals surface area contributed by atoms with Crippen LogP contribution in [0.2, 0.25) is 0 Å². The van der Waals surface area contributed by atoms with Crippen molar-refractivity contribution in [2.45, 2.75) is 13.5 Å². The van der Waals surface area contributed by atoms with E-state index in [1.54, 1.807) is 62.4 Å². The molecule has 170 valence electrons. The molecular formula is C22H26N4O5S. The maximum Gasteiger partial charge on any atom is 0.246 e. The van der Waals surface area contributed by atoms with Gasteiger partial charge in [-0.05, 0) is 24.6 Å². The molecule has 1 aromatic heterocycles. The van der Waals surface area contributed by atoms with Crippen LogP contribution in [-0.2, 0) is 21.4 Å². The molecule has 9 nitrogen and oxygen atoms in total. The number of rotatable bonds is 9. The Kier molecular flexibility index (Phi) is 7.04. The first-order chi connectivity index (χ1) is 15.2. The van der Waals surface area contributed by atoms with E-state index in [0.717, 1.165) is 21.7 Å². The van der Waals surface area contributed by atoms with Crippen molar-refractivity contribution in [2.24, 2.45) is 0 Å². The molecule has 0 aliphatic carbocycles. The van der Waals surface area contributed by atoms with Crippen LogP contribution < -0.4 is 19.1 Å². The van der Waals surface area contributed by atoms with Crippen LogP contribution in [0.1, 0.15) is 11.1 Å². The van der Waals surface area contributed by atoms with Crippen molar-refractivity contribution in [3.8, 4) is 11.5 Å². The lowest BCUT2D eigenvalue weighted by Gasteiger charge is -2.23. The standard InChI is InChI=1S/C22H26N4O5S/c1-16-8-5-6-10-18(16)26(32(4,28)29)15-21(27)24-20-12-13-23-25(20)14-17-9-7-11-19(30-2)22(17)31-3/h5-13H,14-15H2,1-4H3,(H,24,27). The Balaban J connectivity index is 1.80. The summed E-state index contributed by atoms with van der Waals surface area (Å²) in [6, 6.07) is 14.1. The molecule has 0 atom stereocenters. The van der Waals surface area contributed by atoms with Crippen LogP contribution in [0.4, 0.5) is 11.5 Å². The molecule has 10 heteroatoms. The van der Waals surface area contributed by atoms with Gasteiger partial charge in [-0.15, -0.1) is 0 Å². The molecule has 0 aliphatic rings. The molecule has 0 unspecified atom stereocenters. The molecule has 0 radical (unpaired) electrons. The van der Waals surface area contributed by atoms with E-state index in [0.29, 0.717) is 29.5 Å². The van der Waals surface area contributed by atoms with Gasteiger partial charge < -0.3 is 14.8 Å². The molecule has 0 aliphatic heterocycles. The van der Waals surface area contributed by atoms with Gasteiger partial charge >= 0.3 is 0 Å². The van der Waals surface area contributed by atoms with Crippen molar-refractivity contribution in [3.63, 3.8) is 0 Å². The van der Waals surface area contributed by atoms with E-state index < -0.39 is 15.9 Å². The number of para-hydroxylation sites is 2. The minimum Gasteiger partial charge on any atom is -0.493 e. The van der Waals surface area contributed by atoms with Gasteiger partial charge in [0.25, 0.3) is 0 Å². The summed E-state index contributed by atoms with van der Waals surface area (Å²) >= 11 is 0. The number of carbonyl (C=O) groups excluding carboxylic acids is 1. The highest BCUT2D eigenvalue weighted by atomic mass is 32.2. The topological polar surface area (TPSA) is 103 Å². The molecule has 0 fully saturated rings. The van der Waals surface area contributed by atoms with Crippen molar-refractivity contribution in [1.29, 1.82) is 0 Å². The monoisotopic (exact) mass is 458 g/mol. The zero-order valence-corrected chi connectivity index (χ0v) is 19.2. The first-order valence-electron chi connectivity index (χ1n) is 9.79. The van der Waals surface area contributed by atoms with Gasteiger partial charge in [0.1, 0.15) is 12.4 Å². The average molecular weight is 459 g/mol. The van der Waals surface area contributed by atoms with Crippen LogP contribution in [0.5, 0.6) is 11.5 Å². The second-order valence-electron chi connectivity index (χ2n) is 7.13. The predicted octanol–water partition coefficient (Wildman–Crippen LogP) is 2.66. The fraction of sp³-hybridized carbons (Fsp3) is 0.273. The van der Waals surface area contributed by atoms with Crippen molar-refractivity contribution < 1.29 is 22.7 Å². The number of aromatic nitrogens is 2. The fourth-order valence-corrected chi connectivity index (χ4v) is 4.26. The molecule has 32 heavy (non-hydrogen) atoms. The third-order valence-corrected chi connectivity index (χ3v) is 5.99. The minimum absolute atomic E-state index is 0.316. The molecule has 1 N–H and O–H groups in total. The third-order valence-electron chi connectivity index (χ3n) is 4.86. The number of nitrogens with zero attached hydrogens (tertiary/aromatic N) is 3. The molecule has 3 rings (SSSR count). The average Bonchev–Trinajstić information content (AvgIpc) is 3.18.